The molecule has 1 aliphatic heterocycles. The zero-order chi connectivity index (χ0) is 13.7. The van der Waals surface area contributed by atoms with Crippen LogP contribution in [-0.4, -0.2) is 35.6 Å². The van der Waals surface area contributed by atoms with Crippen LogP contribution in [0.4, 0.5) is 5.82 Å². The summed E-state index contributed by atoms with van der Waals surface area (Å²) in [6, 6.07) is 0. The highest BCUT2D eigenvalue weighted by Gasteiger charge is 2.21. The first kappa shape index (κ1) is 14.2. The number of nitriles is 1. The van der Waals surface area contributed by atoms with Crippen molar-refractivity contribution in [1.82, 2.24) is 9.97 Å². The third-order valence-corrected chi connectivity index (χ3v) is 4.11. The molecule has 0 aromatic carbocycles. The smallest absolute Gasteiger partial charge is 0.190 e. The van der Waals surface area contributed by atoms with Crippen molar-refractivity contribution in [2.24, 2.45) is 0 Å². The Labute approximate surface area is 120 Å². The molecule has 7 heteroatoms. The van der Waals surface area contributed by atoms with Crippen LogP contribution in [0.25, 0.3) is 0 Å². The zero-order valence-electron chi connectivity index (χ0n) is 10.6. The number of thioether (sulfide) groups is 2. The fourth-order valence-corrected chi connectivity index (χ4v) is 2.97. The van der Waals surface area contributed by atoms with Gasteiger partial charge in [-0.25, -0.2) is 9.97 Å². The van der Waals surface area contributed by atoms with E-state index in [9.17, 15) is 4.79 Å². The summed E-state index contributed by atoms with van der Waals surface area (Å²) in [6.45, 7) is 1.81. The molecule has 0 saturated carbocycles. The molecular formula is C12H14N4OS2. The standard InChI is InChI=1S/C12H14N4OS2/c1-18-12-14-10(16-5-3-2-4-6-16)9(7-17)11(15-12)19-8-13/h7H,2-6H2,1H3. The lowest BCUT2D eigenvalue weighted by Gasteiger charge is -2.29. The second kappa shape index (κ2) is 6.78. The summed E-state index contributed by atoms with van der Waals surface area (Å²) < 4.78 is 0. The maximum Gasteiger partial charge on any atom is 0.190 e. The van der Waals surface area contributed by atoms with Crippen LogP contribution in [0.5, 0.6) is 0 Å². The lowest BCUT2D eigenvalue weighted by atomic mass is 10.1. The second-order valence-corrected chi connectivity index (χ2v) is 5.66. The summed E-state index contributed by atoms with van der Waals surface area (Å²) in [5, 5.41) is 11.9. The van der Waals surface area contributed by atoms with Crippen molar-refractivity contribution in [2.45, 2.75) is 29.4 Å². The first-order valence-electron chi connectivity index (χ1n) is 6.02. The van der Waals surface area contributed by atoms with E-state index in [4.69, 9.17) is 5.26 Å². The molecule has 0 bridgehead atoms. The van der Waals surface area contributed by atoms with Gasteiger partial charge in [-0.15, -0.1) is 0 Å². The average Bonchev–Trinajstić information content (AvgIpc) is 2.47. The van der Waals surface area contributed by atoms with E-state index >= 15 is 0 Å². The highest BCUT2D eigenvalue weighted by atomic mass is 32.2. The van der Waals surface area contributed by atoms with Gasteiger partial charge in [0.25, 0.3) is 0 Å². The number of hydrogen-bond donors (Lipinski definition) is 0. The largest absolute Gasteiger partial charge is 0.356 e. The maximum absolute atomic E-state index is 11.3. The Bertz CT molecular complexity index is 509. The summed E-state index contributed by atoms with van der Waals surface area (Å²) in [6.07, 6.45) is 6.08. The number of carbonyl (C=O) groups is 1. The molecule has 19 heavy (non-hydrogen) atoms. The van der Waals surface area contributed by atoms with Crippen molar-refractivity contribution < 1.29 is 4.79 Å². The molecule has 1 fully saturated rings. The first-order chi connectivity index (χ1) is 9.30. The summed E-state index contributed by atoms with van der Waals surface area (Å²) >= 11 is 2.34. The van der Waals surface area contributed by atoms with E-state index in [2.05, 4.69) is 14.9 Å². The molecule has 1 aliphatic rings. The van der Waals surface area contributed by atoms with E-state index in [0.29, 0.717) is 21.6 Å². The first-order valence-corrected chi connectivity index (χ1v) is 8.06. The summed E-state index contributed by atoms with van der Waals surface area (Å²) in [4.78, 5) is 22.1. The van der Waals surface area contributed by atoms with E-state index in [-0.39, 0.29) is 0 Å². The Morgan fingerprint density at radius 2 is 2.05 bits per heavy atom. The van der Waals surface area contributed by atoms with E-state index in [1.807, 2.05) is 11.7 Å². The van der Waals surface area contributed by atoms with Gasteiger partial charge in [-0.3, -0.25) is 4.79 Å². The molecule has 1 aromatic rings. The fraction of sp³-hybridized carbons (Fsp3) is 0.500. The third-order valence-electron chi connectivity index (χ3n) is 2.97. The van der Waals surface area contributed by atoms with Crippen LogP contribution in [-0.2, 0) is 0 Å². The molecule has 1 saturated heterocycles. The molecule has 2 rings (SSSR count). The SMILES string of the molecule is CSc1nc(SC#N)c(C=O)c(N2CCCCC2)n1. The summed E-state index contributed by atoms with van der Waals surface area (Å²) in [5.41, 5.74) is 0.436. The van der Waals surface area contributed by atoms with Gasteiger partial charge in [0.1, 0.15) is 16.2 Å². The number of piperidine rings is 1. The average molecular weight is 294 g/mol. The van der Waals surface area contributed by atoms with Gasteiger partial charge in [-0.05, 0) is 25.5 Å². The van der Waals surface area contributed by atoms with Crippen LogP contribution in [0.3, 0.4) is 0 Å². The number of aromatic nitrogens is 2. The van der Waals surface area contributed by atoms with Crippen LogP contribution >= 0.6 is 23.5 Å². The number of anilines is 1. The van der Waals surface area contributed by atoms with Gasteiger partial charge in [-0.2, -0.15) is 5.26 Å². The number of thiocyanates is 1. The number of rotatable bonds is 4. The van der Waals surface area contributed by atoms with Gasteiger partial charge in [0.15, 0.2) is 11.4 Å². The Balaban J connectivity index is 2.46. The fourth-order valence-electron chi connectivity index (χ4n) is 2.08. The van der Waals surface area contributed by atoms with Gasteiger partial charge >= 0.3 is 0 Å². The molecule has 0 radical (unpaired) electrons. The molecule has 0 spiro atoms. The Kier molecular flexibility index (Phi) is 5.05. The van der Waals surface area contributed by atoms with Gasteiger partial charge < -0.3 is 4.90 Å². The van der Waals surface area contributed by atoms with Crippen LogP contribution < -0.4 is 4.90 Å². The van der Waals surface area contributed by atoms with Crippen molar-refractivity contribution in [3.63, 3.8) is 0 Å². The molecule has 0 aliphatic carbocycles. The molecular weight excluding hydrogens is 280 g/mol. The minimum atomic E-state index is 0.436. The monoisotopic (exact) mass is 294 g/mol. The lowest BCUT2D eigenvalue weighted by Crippen LogP contribution is -2.31. The Hall–Kier alpha value is -1.26. The van der Waals surface area contributed by atoms with Gasteiger partial charge in [0.05, 0.1) is 5.56 Å². The maximum atomic E-state index is 11.3. The van der Waals surface area contributed by atoms with Gasteiger partial charge in [0.2, 0.25) is 0 Å². The predicted molar refractivity (Wildman–Crippen MR) is 76.7 cm³/mol. The van der Waals surface area contributed by atoms with Crippen LogP contribution in [0.1, 0.15) is 29.6 Å². The third kappa shape index (κ3) is 3.19. The van der Waals surface area contributed by atoms with Crippen molar-refractivity contribution in [2.75, 3.05) is 24.2 Å². The topological polar surface area (TPSA) is 69.9 Å². The number of aldehydes is 1. The minimum Gasteiger partial charge on any atom is -0.356 e. The summed E-state index contributed by atoms with van der Waals surface area (Å²) in [7, 11) is 0. The normalized spacial score (nSPS) is 15.1. The van der Waals surface area contributed by atoms with E-state index in [1.54, 1.807) is 0 Å². The van der Waals surface area contributed by atoms with E-state index in [1.165, 1.54) is 18.2 Å². The van der Waals surface area contributed by atoms with E-state index in [0.717, 1.165) is 44.0 Å². The van der Waals surface area contributed by atoms with Crippen LogP contribution in [0.15, 0.2) is 10.2 Å². The highest BCUT2D eigenvalue weighted by Crippen LogP contribution is 2.30. The lowest BCUT2D eigenvalue weighted by molar-refractivity contribution is 0.112. The van der Waals surface area contributed by atoms with Crippen molar-refractivity contribution in [3.8, 4) is 5.40 Å². The Morgan fingerprint density at radius 1 is 1.32 bits per heavy atom. The van der Waals surface area contributed by atoms with Gasteiger partial charge in [0, 0.05) is 24.9 Å². The number of nitrogens with zero attached hydrogens (tertiary/aromatic N) is 4. The zero-order valence-corrected chi connectivity index (χ0v) is 12.3. The number of hydrogen-bond acceptors (Lipinski definition) is 7. The quantitative estimate of drug-likeness (QED) is 0.278. The van der Waals surface area contributed by atoms with Crippen LogP contribution in [0, 0.1) is 10.7 Å². The molecule has 0 atom stereocenters. The van der Waals surface area contributed by atoms with Crippen LogP contribution in [0.2, 0.25) is 0 Å². The van der Waals surface area contributed by atoms with Crippen molar-refractivity contribution >= 4 is 35.6 Å². The molecule has 100 valence electrons. The second-order valence-electron chi connectivity index (χ2n) is 4.11. The highest BCUT2D eigenvalue weighted by molar-refractivity contribution is 8.03. The van der Waals surface area contributed by atoms with Gasteiger partial charge in [-0.1, -0.05) is 11.8 Å². The minimum absolute atomic E-state index is 0.436. The molecule has 1 aromatic heterocycles. The molecule has 0 amide bonds. The molecule has 5 nitrogen and oxygen atoms in total. The molecule has 2 heterocycles. The van der Waals surface area contributed by atoms with Crippen molar-refractivity contribution in [3.05, 3.63) is 5.56 Å². The summed E-state index contributed by atoms with van der Waals surface area (Å²) in [5.74, 6) is 0.673. The Morgan fingerprint density at radius 3 is 2.63 bits per heavy atom. The molecule has 0 N–H and O–H groups in total. The van der Waals surface area contributed by atoms with Crippen molar-refractivity contribution in [1.29, 1.82) is 5.26 Å². The molecule has 0 unspecified atom stereocenters. The van der Waals surface area contributed by atoms with E-state index < -0.39 is 0 Å². The number of carbonyl (C=O) groups excluding carboxylic acids is 1. The predicted octanol–water partition coefficient (Wildman–Crippen LogP) is 2.57.